The van der Waals surface area contributed by atoms with E-state index in [1.165, 1.54) is 27.1 Å². The molecule has 0 unspecified atom stereocenters. The SMILES string of the molecule is CC(C)(C)c1cc(-c2ccccc2)c2cc(-c3ccc4nc(C5=CCC=C(C#Cc6ccc(C(C)(C)C)s6)S5)cc(-c5ccccc5)c4c3)ccc2n1. The first-order valence-corrected chi connectivity index (χ1v) is 19.9. The van der Waals surface area contributed by atoms with Gasteiger partial charge in [0.05, 0.1) is 26.5 Å². The average Bonchev–Trinajstić information content (AvgIpc) is 3.67. The zero-order chi connectivity index (χ0) is 36.7. The van der Waals surface area contributed by atoms with E-state index in [-0.39, 0.29) is 10.8 Å². The fraction of sp³-hybridized carbons (Fsp3) is 0.184. The first-order chi connectivity index (χ1) is 25.5. The van der Waals surface area contributed by atoms with E-state index < -0.39 is 0 Å². The Morgan fingerprint density at radius 2 is 1.15 bits per heavy atom. The van der Waals surface area contributed by atoms with Crippen molar-refractivity contribution in [1.82, 2.24) is 9.97 Å². The smallest absolute Gasteiger partial charge is 0.0780 e. The second-order valence-electron chi connectivity index (χ2n) is 15.7. The third kappa shape index (κ3) is 7.38. The van der Waals surface area contributed by atoms with Gasteiger partial charge in [0.2, 0.25) is 0 Å². The molecule has 0 bridgehead atoms. The van der Waals surface area contributed by atoms with Gasteiger partial charge in [0.1, 0.15) is 0 Å². The number of hydrogen-bond donors (Lipinski definition) is 0. The summed E-state index contributed by atoms with van der Waals surface area (Å²) in [5, 5.41) is 2.28. The van der Waals surface area contributed by atoms with Crippen LogP contribution in [0.5, 0.6) is 0 Å². The fourth-order valence-corrected chi connectivity index (χ4v) is 8.50. The molecule has 0 saturated heterocycles. The maximum absolute atomic E-state index is 5.27. The van der Waals surface area contributed by atoms with Crippen molar-refractivity contribution in [2.75, 3.05) is 0 Å². The van der Waals surface area contributed by atoms with Crippen LogP contribution in [0.4, 0.5) is 0 Å². The predicted molar refractivity (Wildman–Crippen MR) is 230 cm³/mol. The molecule has 0 saturated carbocycles. The van der Waals surface area contributed by atoms with Crippen molar-refractivity contribution in [3.05, 3.63) is 160 Å². The van der Waals surface area contributed by atoms with Crippen molar-refractivity contribution < 1.29 is 0 Å². The van der Waals surface area contributed by atoms with Crippen LogP contribution in [-0.2, 0) is 10.8 Å². The van der Waals surface area contributed by atoms with Crippen molar-refractivity contribution in [2.24, 2.45) is 0 Å². The number of thioether (sulfide) groups is 1. The summed E-state index contributed by atoms with van der Waals surface area (Å²) in [6.07, 6.45) is 5.33. The predicted octanol–water partition coefficient (Wildman–Crippen LogP) is 13.9. The number of allylic oxidation sites excluding steroid dienone is 3. The van der Waals surface area contributed by atoms with Crippen LogP contribution in [0.25, 0.3) is 60.1 Å². The normalized spacial score (nSPS) is 13.4. The van der Waals surface area contributed by atoms with Crippen molar-refractivity contribution in [3.8, 4) is 45.2 Å². The lowest BCUT2D eigenvalue weighted by atomic mass is 9.88. The van der Waals surface area contributed by atoms with Gasteiger partial charge in [-0.15, -0.1) is 11.3 Å². The molecule has 53 heavy (non-hydrogen) atoms. The van der Waals surface area contributed by atoms with Crippen LogP contribution in [0.15, 0.2) is 138 Å². The van der Waals surface area contributed by atoms with Gasteiger partial charge in [-0.05, 0) is 93.7 Å². The Kier molecular flexibility index (Phi) is 9.19. The van der Waals surface area contributed by atoms with Gasteiger partial charge in [0, 0.05) is 31.7 Å². The topological polar surface area (TPSA) is 25.8 Å². The van der Waals surface area contributed by atoms with Gasteiger partial charge in [0.15, 0.2) is 0 Å². The third-order valence-electron chi connectivity index (χ3n) is 9.62. The molecule has 2 nitrogen and oxygen atoms in total. The Balaban J connectivity index is 1.18. The molecule has 4 aromatic carbocycles. The molecular weight excluding hydrogens is 681 g/mol. The number of aromatic nitrogens is 2. The maximum atomic E-state index is 5.27. The molecule has 0 amide bonds. The Morgan fingerprint density at radius 1 is 0.547 bits per heavy atom. The highest BCUT2D eigenvalue weighted by Crippen LogP contribution is 2.41. The summed E-state index contributed by atoms with van der Waals surface area (Å²) >= 11 is 3.50. The van der Waals surface area contributed by atoms with Crippen LogP contribution in [0.2, 0.25) is 0 Å². The van der Waals surface area contributed by atoms with Gasteiger partial charge >= 0.3 is 0 Å². The standard InChI is InChI=1S/C49H42N2S2/c1-48(2,3)46-31-39(33-16-11-8-12-17-33)41-29-35(21-26-43(41)51-46)34-20-25-42-40(28-34)38(32-14-9-7-10-15-32)30-44(50-42)45-19-13-18-36(52-45)22-23-37-24-27-47(53-37)49(4,5)6/h7-12,14-21,24-31H,13H2,1-6H3. The zero-order valence-corrected chi connectivity index (χ0v) is 32.8. The number of thiophene rings is 1. The Bertz CT molecular complexity index is 2620. The van der Waals surface area contributed by atoms with E-state index in [0.717, 1.165) is 65.4 Å². The van der Waals surface area contributed by atoms with Crippen molar-refractivity contribution in [2.45, 2.75) is 58.8 Å². The van der Waals surface area contributed by atoms with E-state index in [9.17, 15) is 0 Å². The molecule has 0 atom stereocenters. The van der Waals surface area contributed by atoms with Crippen LogP contribution in [0.3, 0.4) is 0 Å². The van der Waals surface area contributed by atoms with Crippen LogP contribution < -0.4 is 0 Å². The molecule has 4 heterocycles. The minimum atomic E-state index is -0.0630. The molecule has 1 aliphatic heterocycles. The summed E-state index contributed by atoms with van der Waals surface area (Å²) in [5.74, 6) is 6.89. The summed E-state index contributed by atoms with van der Waals surface area (Å²) in [7, 11) is 0. The monoisotopic (exact) mass is 722 g/mol. The lowest BCUT2D eigenvalue weighted by Gasteiger charge is -2.20. The van der Waals surface area contributed by atoms with E-state index in [1.807, 2.05) is 0 Å². The molecule has 8 rings (SSSR count). The number of rotatable bonds is 4. The number of benzene rings is 4. The van der Waals surface area contributed by atoms with Crippen LogP contribution in [0, 0.1) is 11.8 Å². The summed E-state index contributed by atoms with van der Waals surface area (Å²) in [6.45, 7) is 13.4. The molecule has 0 radical (unpaired) electrons. The molecule has 1 aliphatic rings. The maximum Gasteiger partial charge on any atom is 0.0780 e. The quantitative estimate of drug-likeness (QED) is 0.169. The lowest BCUT2D eigenvalue weighted by Crippen LogP contribution is -2.13. The molecule has 260 valence electrons. The molecular formula is C49H42N2S2. The van der Waals surface area contributed by atoms with Gasteiger partial charge in [0.25, 0.3) is 0 Å². The zero-order valence-electron chi connectivity index (χ0n) is 31.1. The number of fused-ring (bicyclic) bond motifs is 2. The highest BCUT2D eigenvalue weighted by Gasteiger charge is 2.20. The summed E-state index contributed by atoms with van der Waals surface area (Å²) in [4.78, 5) is 15.1. The minimum absolute atomic E-state index is 0.0630. The van der Waals surface area contributed by atoms with Crippen LogP contribution in [0.1, 0.15) is 69.1 Å². The molecule has 7 aromatic rings. The lowest BCUT2D eigenvalue weighted by molar-refractivity contribution is 0.572. The number of hydrogen-bond acceptors (Lipinski definition) is 4. The first-order valence-electron chi connectivity index (χ1n) is 18.2. The average molecular weight is 723 g/mol. The largest absolute Gasteiger partial charge is 0.252 e. The molecule has 3 aromatic heterocycles. The van der Waals surface area contributed by atoms with Gasteiger partial charge in [-0.1, -0.05) is 150 Å². The Labute approximate surface area is 321 Å². The van der Waals surface area contributed by atoms with E-state index >= 15 is 0 Å². The summed E-state index contributed by atoms with van der Waals surface area (Å²) < 4.78 is 0. The minimum Gasteiger partial charge on any atom is -0.252 e. The van der Waals surface area contributed by atoms with Crippen molar-refractivity contribution >= 4 is 49.8 Å². The highest BCUT2D eigenvalue weighted by molar-refractivity contribution is 8.12. The summed E-state index contributed by atoms with van der Waals surface area (Å²) in [6, 6.07) is 43.6. The molecule has 0 N–H and O–H groups in total. The highest BCUT2D eigenvalue weighted by atomic mass is 32.2. The van der Waals surface area contributed by atoms with Gasteiger partial charge < -0.3 is 0 Å². The number of pyridine rings is 2. The fourth-order valence-electron chi connectivity index (χ4n) is 6.67. The molecule has 0 aliphatic carbocycles. The first kappa shape index (κ1) is 34.9. The molecule has 4 heteroatoms. The second kappa shape index (κ2) is 14.0. The van der Waals surface area contributed by atoms with E-state index in [0.29, 0.717) is 0 Å². The van der Waals surface area contributed by atoms with Gasteiger partial charge in [-0.3, -0.25) is 4.98 Å². The van der Waals surface area contributed by atoms with Crippen LogP contribution in [-0.4, -0.2) is 9.97 Å². The number of nitrogens with zero attached hydrogens (tertiary/aromatic N) is 2. The van der Waals surface area contributed by atoms with Crippen LogP contribution >= 0.6 is 23.1 Å². The van der Waals surface area contributed by atoms with E-state index in [4.69, 9.17) is 9.97 Å². The molecule has 0 spiro atoms. The van der Waals surface area contributed by atoms with Crippen molar-refractivity contribution in [3.63, 3.8) is 0 Å². The summed E-state index contributed by atoms with van der Waals surface area (Å²) in [5.41, 5.74) is 11.2. The Morgan fingerprint density at radius 3 is 1.74 bits per heavy atom. The van der Waals surface area contributed by atoms with Gasteiger partial charge in [-0.25, -0.2) is 4.98 Å². The van der Waals surface area contributed by atoms with E-state index in [1.54, 1.807) is 23.1 Å². The molecule has 0 fully saturated rings. The second-order valence-corrected chi connectivity index (χ2v) is 17.9. The van der Waals surface area contributed by atoms with Crippen molar-refractivity contribution in [1.29, 1.82) is 0 Å². The third-order valence-corrected chi connectivity index (χ3v) is 12.1. The Hall–Kier alpha value is -5.21. The van der Waals surface area contributed by atoms with Gasteiger partial charge in [-0.2, -0.15) is 0 Å². The van der Waals surface area contributed by atoms with E-state index in [2.05, 4.69) is 187 Å².